The Morgan fingerprint density at radius 2 is 1.55 bits per heavy atom. The maximum atomic E-state index is 12.8. The second-order valence-corrected chi connectivity index (χ2v) is 12.2. The summed E-state index contributed by atoms with van der Waals surface area (Å²) in [5.74, 6) is -0.377. The molecule has 10 nitrogen and oxygen atoms in total. The number of anilines is 1. The van der Waals surface area contributed by atoms with E-state index in [9.17, 15) is 19.5 Å². The molecular weight excluding hydrogens is 576 g/mol. The third-order valence-electron chi connectivity index (χ3n) is 6.51. The van der Waals surface area contributed by atoms with Gasteiger partial charge in [0.1, 0.15) is 12.1 Å². The quantitative estimate of drug-likeness (QED) is 0.112. The summed E-state index contributed by atoms with van der Waals surface area (Å²) in [6.07, 6.45) is 8.22. The number of pyridine rings is 1. The standard InChI is InChI=1S/C30H40N4O6S2/c1-4-39-29(37)26(31-3)20-41-42-21-27(30(38)40-5-2)32-28(36)19-33-15-12-23(13-16-33)7-6-22-8-10-24(11-9-22)34-17-14-25(35)18-34/h6-13,15-16,25-27,31,35H,4-5,14,17-21H2,1-3H3/p+1. The highest BCUT2D eigenvalue weighted by Gasteiger charge is 2.25. The van der Waals surface area contributed by atoms with Gasteiger partial charge in [0.25, 0.3) is 5.91 Å². The van der Waals surface area contributed by atoms with Gasteiger partial charge in [-0.2, -0.15) is 4.57 Å². The van der Waals surface area contributed by atoms with E-state index in [4.69, 9.17) is 9.47 Å². The van der Waals surface area contributed by atoms with E-state index in [1.54, 1.807) is 25.5 Å². The monoisotopic (exact) mass is 617 g/mol. The van der Waals surface area contributed by atoms with E-state index in [0.29, 0.717) is 24.7 Å². The number of carbonyl (C=O) groups excluding carboxylic acids is 3. The molecule has 1 aromatic heterocycles. The van der Waals surface area contributed by atoms with Crippen LogP contribution in [-0.2, 0) is 30.4 Å². The number of aromatic nitrogens is 1. The minimum atomic E-state index is -0.810. The van der Waals surface area contributed by atoms with Gasteiger partial charge in [0.15, 0.2) is 12.4 Å². The zero-order valence-electron chi connectivity index (χ0n) is 24.4. The summed E-state index contributed by atoms with van der Waals surface area (Å²) in [6, 6.07) is 10.8. The predicted octanol–water partition coefficient (Wildman–Crippen LogP) is 2.30. The van der Waals surface area contributed by atoms with Crippen LogP contribution < -0.4 is 20.1 Å². The number of aliphatic hydroxyl groups is 1. The van der Waals surface area contributed by atoms with E-state index in [1.807, 2.05) is 36.7 Å². The molecule has 42 heavy (non-hydrogen) atoms. The molecule has 12 heteroatoms. The molecule has 1 aliphatic rings. The first-order chi connectivity index (χ1) is 20.3. The highest BCUT2D eigenvalue weighted by Crippen LogP contribution is 2.24. The number of carbonyl (C=O) groups is 3. The van der Waals surface area contributed by atoms with Crippen LogP contribution in [0, 0.1) is 0 Å². The van der Waals surface area contributed by atoms with Crippen molar-refractivity contribution in [1.82, 2.24) is 10.6 Å². The molecule has 1 aromatic carbocycles. The Balaban J connectivity index is 1.48. The van der Waals surface area contributed by atoms with Crippen LogP contribution in [0.15, 0.2) is 48.8 Å². The van der Waals surface area contributed by atoms with Crippen LogP contribution >= 0.6 is 21.6 Å². The SMILES string of the molecule is CCOC(=O)C(CSSCC(NC(=O)C[n+]1ccc(/C=C/c2ccc(N3CCC(O)C3)cc2)cc1)C(=O)OCC)NC. The molecule has 3 N–H and O–H groups in total. The van der Waals surface area contributed by atoms with E-state index in [-0.39, 0.29) is 31.1 Å². The highest BCUT2D eigenvalue weighted by molar-refractivity contribution is 8.76. The number of esters is 2. The Labute approximate surface area is 255 Å². The summed E-state index contributed by atoms with van der Waals surface area (Å²) < 4.78 is 11.9. The van der Waals surface area contributed by atoms with Gasteiger partial charge in [0.2, 0.25) is 6.54 Å². The number of nitrogens with zero attached hydrogens (tertiary/aromatic N) is 2. The Morgan fingerprint density at radius 1 is 0.976 bits per heavy atom. The fourth-order valence-corrected chi connectivity index (χ4v) is 6.59. The van der Waals surface area contributed by atoms with Gasteiger partial charge in [0, 0.05) is 42.4 Å². The van der Waals surface area contributed by atoms with Crippen molar-refractivity contribution >= 4 is 57.3 Å². The van der Waals surface area contributed by atoms with E-state index in [1.165, 1.54) is 21.6 Å². The molecule has 0 spiro atoms. The topological polar surface area (TPSA) is 121 Å². The number of benzene rings is 1. The first kappa shape index (κ1) is 33.4. The second-order valence-electron chi connectivity index (χ2n) is 9.65. The van der Waals surface area contributed by atoms with E-state index in [2.05, 4.69) is 39.8 Å². The van der Waals surface area contributed by atoms with Crippen molar-refractivity contribution in [3.05, 3.63) is 59.9 Å². The van der Waals surface area contributed by atoms with E-state index >= 15 is 0 Å². The van der Waals surface area contributed by atoms with Crippen LogP contribution in [0.1, 0.15) is 31.4 Å². The molecule has 228 valence electrons. The van der Waals surface area contributed by atoms with Gasteiger partial charge in [-0.25, -0.2) is 4.79 Å². The van der Waals surface area contributed by atoms with Crippen molar-refractivity contribution in [3.8, 4) is 0 Å². The normalized spacial score (nSPS) is 16.3. The van der Waals surface area contributed by atoms with Gasteiger partial charge in [-0.05, 0) is 50.6 Å². The average molecular weight is 618 g/mol. The van der Waals surface area contributed by atoms with Crippen LogP contribution in [0.25, 0.3) is 12.2 Å². The highest BCUT2D eigenvalue weighted by atomic mass is 33.1. The summed E-state index contributed by atoms with van der Waals surface area (Å²) in [4.78, 5) is 39.4. The number of ether oxygens (including phenoxy) is 2. The molecular formula is C30H41N4O6S2+. The molecule has 2 heterocycles. The number of hydrogen-bond donors (Lipinski definition) is 3. The van der Waals surface area contributed by atoms with Gasteiger partial charge in [0.05, 0.1) is 19.3 Å². The zero-order valence-corrected chi connectivity index (χ0v) is 26.0. The lowest BCUT2D eigenvalue weighted by molar-refractivity contribution is -0.684. The summed E-state index contributed by atoms with van der Waals surface area (Å²) >= 11 is 0. The smallest absolute Gasteiger partial charge is 0.329 e. The number of hydrogen-bond acceptors (Lipinski definition) is 10. The number of likely N-dealkylation sites (N-methyl/N-ethyl adjacent to an activating group) is 1. The lowest BCUT2D eigenvalue weighted by Crippen LogP contribution is -2.49. The van der Waals surface area contributed by atoms with Gasteiger partial charge >= 0.3 is 11.9 Å². The van der Waals surface area contributed by atoms with Crippen LogP contribution in [0.3, 0.4) is 0 Å². The van der Waals surface area contributed by atoms with Crippen molar-refractivity contribution in [2.45, 2.75) is 45.0 Å². The molecule has 0 saturated carbocycles. The summed E-state index contributed by atoms with van der Waals surface area (Å²) in [5.41, 5.74) is 3.17. The lowest BCUT2D eigenvalue weighted by atomic mass is 10.1. The van der Waals surface area contributed by atoms with Gasteiger partial charge < -0.3 is 30.1 Å². The molecule has 0 aliphatic carbocycles. The van der Waals surface area contributed by atoms with Crippen LogP contribution in [0.4, 0.5) is 5.69 Å². The summed E-state index contributed by atoms with van der Waals surface area (Å²) in [7, 11) is 4.49. The molecule has 3 unspecified atom stereocenters. The van der Waals surface area contributed by atoms with Crippen molar-refractivity contribution in [2.75, 3.05) is 49.8 Å². The molecule has 3 rings (SSSR count). The minimum Gasteiger partial charge on any atom is -0.465 e. The Morgan fingerprint density at radius 3 is 2.10 bits per heavy atom. The molecule has 0 bridgehead atoms. The van der Waals surface area contributed by atoms with Gasteiger partial charge in [-0.1, -0.05) is 45.9 Å². The van der Waals surface area contributed by atoms with Crippen LogP contribution in [0.5, 0.6) is 0 Å². The number of rotatable bonds is 16. The van der Waals surface area contributed by atoms with E-state index < -0.39 is 18.1 Å². The second kappa shape index (κ2) is 17.8. The first-order valence-corrected chi connectivity index (χ1v) is 16.6. The number of nitrogens with one attached hydrogen (secondary N) is 2. The number of amides is 1. The fourth-order valence-electron chi connectivity index (χ4n) is 4.21. The van der Waals surface area contributed by atoms with Crippen LogP contribution in [-0.4, -0.2) is 86.0 Å². The van der Waals surface area contributed by atoms with Crippen molar-refractivity contribution in [2.24, 2.45) is 0 Å². The van der Waals surface area contributed by atoms with Crippen LogP contribution in [0.2, 0.25) is 0 Å². The average Bonchev–Trinajstić information content (AvgIpc) is 3.42. The molecule has 1 amide bonds. The van der Waals surface area contributed by atoms with Gasteiger partial charge in [-0.15, -0.1) is 0 Å². The fraction of sp³-hybridized carbons (Fsp3) is 0.467. The van der Waals surface area contributed by atoms with Crippen molar-refractivity contribution in [3.63, 3.8) is 0 Å². The molecule has 3 atom stereocenters. The maximum Gasteiger partial charge on any atom is 0.329 e. The van der Waals surface area contributed by atoms with Crippen molar-refractivity contribution < 1.29 is 33.5 Å². The molecule has 1 aliphatic heterocycles. The Hall–Kier alpha value is -3.06. The van der Waals surface area contributed by atoms with Crippen molar-refractivity contribution in [1.29, 1.82) is 0 Å². The zero-order chi connectivity index (χ0) is 30.3. The third-order valence-corrected chi connectivity index (χ3v) is 8.93. The minimum absolute atomic E-state index is 0.0507. The molecule has 1 fully saturated rings. The number of aliphatic hydroxyl groups excluding tert-OH is 1. The third kappa shape index (κ3) is 11.0. The lowest BCUT2D eigenvalue weighted by Gasteiger charge is -2.17. The Kier molecular flexibility index (Phi) is 14.2. The van der Waals surface area contributed by atoms with E-state index in [0.717, 1.165) is 29.8 Å². The van der Waals surface area contributed by atoms with Gasteiger partial charge in [-0.3, -0.25) is 9.59 Å². The predicted molar refractivity (Wildman–Crippen MR) is 168 cm³/mol. The molecule has 2 aromatic rings. The maximum absolute atomic E-state index is 12.8. The summed E-state index contributed by atoms with van der Waals surface area (Å²) in [6.45, 7) is 5.60. The summed E-state index contributed by atoms with van der Waals surface area (Å²) in [5, 5.41) is 15.5. The first-order valence-electron chi connectivity index (χ1n) is 14.1. The Bertz CT molecular complexity index is 1180. The molecule has 0 radical (unpaired) electrons. The molecule has 1 saturated heterocycles. The number of β-amino-alcohol motifs (C(OH)–C–C–N with tert-alkyl or cyclic N) is 1. The largest absolute Gasteiger partial charge is 0.465 e.